The number of anilines is 2. The summed E-state index contributed by atoms with van der Waals surface area (Å²) < 4.78 is 10.2. The lowest BCUT2D eigenvalue weighted by Crippen LogP contribution is -2.48. The minimum Gasteiger partial charge on any atom is -0.490 e. The molecule has 0 spiro atoms. The highest BCUT2D eigenvalue weighted by molar-refractivity contribution is 6.05. The quantitative estimate of drug-likeness (QED) is 0.452. The second kappa shape index (κ2) is 9.43. The van der Waals surface area contributed by atoms with Crippen molar-refractivity contribution in [1.82, 2.24) is 4.90 Å². The zero-order chi connectivity index (χ0) is 23.4. The van der Waals surface area contributed by atoms with E-state index < -0.39 is 10.8 Å². The second-order valence-electron chi connectivity index (χ2n) is 7.40. The van der Waals surface area contributed by atoms with Gasteiger partial charge in [-0.25, -0.2) is 0 Å². The number of ether oxygens (including phenoxy) is 1. The van der Waals surface area contributed by atoms with Gasteiger partial charge >= 0.3 is 5.69 Å². The Morgan fingerprint density at radius 2 is 1.79 bits per heavy atom. The number of nitro groups is 1. The number of piperazine rings is 1. The Morgan fingerprint density at radius 1 is 1.06 bits per heavy atom. The van der Waals surface area contributed by atoms with Crippen molar-refractivity contribution in [3.8, 4) is 5.75 Å². The summed E-state index contributed by atoms with van der Waals surface area (Å²) in [6.45, 7) is 2.50. The van der Waals surface area contributed by atoms with Gasteiger partial charge in [0.1, 0.15) is 0 Å². The van der Waals surface area contributed by atoms with Crippen LogP contribution in [0.4, 0.5) is 17.1 Å². The number of amides is 2. The summed E-state index contributed by atoms with van der Waals surface area (Å²) in [5, 5.41) is 13.9. The molecule has 2 heterocycles. The highest BCUT2D eigenvalue weighted by atomic mass is 16.6. The molecule has 0 bridgehead atoms. The van der Waals surface area contributed by atoms with Crippen LogP contribution in [0.15, 0.2) is 65.3 Å². The van der Waals surface area contributed by atoms with Gasteiger partial charge in [0, 0.05) is 49.2 Å². The number of furan rings is 1. The fourth-order valence-electron chi connectivity index (χ4n) is 3.66. The van der Waals surface area contributed by atoms with Gasteiger partial charge in [-0.05, 0) is 48.5 Å². The van der Waals surface area contributed by atoms with Gasteiger partial charge in [-0.15, -0.1) is 0 Å². The van der Waals surface area contributed by atoms with E-state index in [-0.39, 0.29) is 22.9 Å². The van der Waals surface area contributed by atoms with Crippen LogP contribution < -0.4 is 15.0 Å². The Kier molecular flexibility index (Phi) is 6.25. The summed E-state index contributed by atoms with van der Waals surface area (Å²) in [5.41, 5.74) is 1.42. The molecule has 10 nitrogen and oxygen atoms in total. The van der Waals surface area contributed by atoms with E-state index in [4.69, 9.17) is 9.15 Å². The lowest BCUT2D eigenvalue weighted by molar-refractivity contribution is -0.385. The van der Waals surface area contributed by atoms with Crippen LogP contribution in [-0.4, -0.2) is 54.9 Å². The molecule has 1 aliphatic heterocycles. The first-order chi connectivity index (χ1) is 16.0. The number of rotatable bonds is 6. The molecule has 3 aromatic rings. The van der Waals surface area contributed by atoms with Crippen LogP contribution in [-0.2, 0) is 0 Å². The van der Waals surface area contributed by atoms with E-state index in [1.54, 1.807) is 29.2 Å². The van der Waals surface area contributed by atoms with E-state index in [1.807, 2.05) is 12.1 Å². The highest BCUT2D eigenvalue weighted by Crippen LogP contribution is 2.28. The lowest BCUT2D eigenvalue weighted by Gasteiger charge is -2.35. The summed E-state index contributed by atoms with van der Waals surface area (Å²) in [7, 11) is 1.33. The molecule has 2 amide bonds. The van der Waals surface area contributed by atoms with Gasteiger partial charge < -0.3 is 24.3 Å². The van der Waals surface area contributed by atoms with Crippen LogP contribution in [0.2, 0.25) is 0 Å². The van der Waals surface area contributed by atoms with Crippen LogP contribution >= 0.6 is 0 Å². The summed E-state index contributed by atoms with van der Waals surface area (Å²) >= 11 is 0. The Hall–Kier alpha value is -4.34. The van der Waals surface area contributed by atoms with Crippen LogP contribution in [0.5, 0.6) is 5.75 Å². The molecule has 0 atom stereocenters. The summed E-state index contributed by atoms with van der Waals surface area (Å²) in [6.07, 6.45) is 1.49. The van der Waals surface area contributed by atoms with E-state index in [2.05, 4.69) is 10.2 Å². The molecular formula is C23H22N4O6. The molecule has 1 aromatic heterocycles. The molecule has 33 heavy (non-hydrogen) atoms. The SMILES string of the molecule is COc1ccc(C(=O)Nc2ccc(N3CCN(C(=O)c4ccco4)CC3)cc2)cc1[N+](=O)[O-]. The van der Waals surface area contributed by atoms with Gasteiger partial charge in [0.15, 0.2) is 11.5 Å². The van der Waals surface area contributed by atoms with Crippen LogP contribution in [0.25, 0.3) is 0 Å². The highest BCUT2D eigenvalue weighted by Gasteiger charge is 2.24. The topological polar surface area (TPSA) is 118 Å². The van der Waals surface area contributed by atoms with E-state index in [1.165, 1.54) is 31.6 Å². The average Bonchev–Trinajstić information content (AvgIpc) is 3.39. The molecule has 0 saturated carbocycles. The maximum Gasteiger partial charge on any atom is 0.311 e. The number of nitrogens with zero attached hydrogens (tertiary/aromatic N) is 3. The predicted octanol–water partition coefficient (Wildman–Crippen LogP) is 3.41. The maximum atomic E-state index is 12.5. The molecule has 4 rings (SSSR count). The van der Waals surface area contributed by atoms with Gasteiger partial charge in [0.25, 0.3) is 11.8 Å². The third-order valence-electron chi connectivity index (χ3n) is 5.43. The molecule has 170 valence electrons. The molecule has 2 aromatic carbocycles. The lowest BCUT2D eigenvalue weighted by atomic mass is 10.1. The maximum absolute atomic E-state index is 12.5. The van der Waals surface area contributed by atoms with E-state index >= 15 is 0 Å². The minimum atomic E-state index is -0.591. The first-order valence-electron chi connectivity index (χ1n) is 10.3. The molecule has 0 radical (unpaired) electrons. The van der Waals surface area contributed by atoms with E-state index in [0.717, 1.165) is 5.69 Å². The molecular weight excluding hydrogens is 428 g/mol. The number of hydrogen-bond acceptors (Lipinski definition) is 7. The first kappa shape index (κ1) is 21.9. The van der Waals surface area contributed by atoms with E-state index in [0.29, 0.717) is 37.6 Å². The van der Waals surface area contributed by atoms with Crippen molar-refractivity contribution >= 4 is 28.9 Å². The summed E-state index contributed by atoms with van der Waals surface area (Å²) in [6, 6.07) is 14.7. The van der Waals surface area contributed by atoms with Crippen LogP contribution in [0.1, 0.15) is 20.9 Å². The summed E-state index contributed by atoms with van der Waals surface area (Å²) in [4.78, 5) is 39.4. The van der Waals surface area contributed by atoms with Crippen molar-refractivity contribution in [2.75, 3.05) is 43.5 Å². The van der Waals surface area contributed by atoms with Crippen LogP contribution in [0.3, 0.4) is 0 Å². The summed E-state index contributed by atoms with van der Waals surface area (Å²) in [5.74, 6) is -0.146. The van der Waals surface area contributed by atoms with Gasteiger partial charge in [-0.2, -0.15) is 0 Å². The third kappa shape index (κ3) is 4.79. The smallest absolute Gasteiger partial charge is 0.311 e. The number of nitrogens with one attached hydrogen (secondary N) is 1. The van der Waals surface area contributed by atoms with Gasteiger partial charge in [-0.3, -0.25) is 19.7 Å². The van der Waals surface area contributed by atoms with E-state index in [9.17, 15) is 19.7 Å². The molecule has 1 N–H and O–H groups in total. The number of hydrogen-bond donors (Lipinski definition) is 1. The van der Waals surface area contributed by atoms with Crippen molar-refractivity contribution in [3.05, 3.63) is 82.3 Å². The first-order valence-corrected chi connectivity index (χ1v) is 10.3. The molecule has 10 heteroatoms. The van der Waals surface area contributed by atoms with Crippen molar-refractivity contribution in [3.63, 3.8) is 0 Å². The largest absolute Gasteiger partial charge is 0.490 e. The van der Waals surface area contributed by atoms with Crippen molar-refractivity contribution in [1.29, 1.82) is 0 Å². The zero-order valence-electron chi connectivity index (χ0n) is 17.9. The number of benzene rings is 2. The van der Waals surface area contributed by atoms with Gasteiger partial charge in [-0.1, -0.05) is 0 Å². The minimum absolute atomic E-state index is 0.0897. The second-order valence-corrected chi connectivity index (χ2v) is 7.40. The number of carbonyl (C=O) groups is 2. The molecule has 1 aliphatic rings. The normalized spacial score (nSPS) is 13.5. The Morgan fingerprint density at radius 3 is 2.39 bits per heavy atom. The number of carbonyl (C=O) groups excluding carboxylic acids is 2. The Labute approximate surface area is 189 Å². The number of nitro benzene ring substituents is 1. The fraction of sp³-hybridized carbons (Fsp3) is 0.217. The Balaban J connectivity index is 1.36. The van der Waals surface area contributed by atoms with Crippen molar-refractivity contribution in [2.45, 2.75) is 0 Å². The predicted molar refractivity (Wildman–Crippen MR) is 121 cm³/mol. The number of methoxy groups -OCH3 is 1. The average molecular weight is 450 g/mol. The standard InChI is InChI=1S/C23H22N4O6/c1-32-20-9-4-16(15-19(20)27(30)31)22(28)24-17-5-7-18(8-6-17)25-10-12-26(13-11-25)23(29)21-3-2-14-33-21/h2-9,14-15H,10-13H2,1H3,(H,24,28). The fourth-order valence-corrected chi connectivity index (χ4v) is 3.66. The molecule has 1 saturated heterocycles. The van der Waals surface area contributed by atoms with Gasteiger partial charge in [0.2, 0.25) is 0 Å². The van der Waals surface area contributed by atoms with Crippen molar-refractivity contribution < 1.29 is 23.7 Å². The third-order valence-corrected chi connectivity index (χ3v) is 5.43. The monoisotopic (exact) mass is 450 g/mol. The molecule has 1 fully saturated rings. The Bertz CT molecular complexity index is 1150. The molecule has 0 aliphatic carbocycles. The molecule has 0 unspecified atom stereocenters. The zero-order valence-corrected chi connectivity index (χ0v) is 17.9. The van der Waals surface area contributed by atoms with Gasteiger partial charge in [0.05, 0.1) is 18.3 Å². The van der Waals surface area contributed by atoms with Crippen LogP contribution in [0, 0.1) is 10.1 Å². The van der Waals surface area contributed by atoms with Crippen molar-refractivity contribution in [2.24, 2.45) is 0 Å².